The van der Waals surface area contributed by atoms with Gasteiger partial charge in [0, 0.05) is 30.9 Å². The number of nitrogens with zero attached hydrogens (tertiary/aromatic N) is 2. The number of likely N-dealkylation sites (tertiary alicyclic amines) is 1. The van der Waals surface area contributed by atoms with Crippen LogP contribution < -0.4 is 5.32 Å². The molecule has 2 fully saturated rings. The van der Waals surface area contributed by atoms with Crippen LogP contribution in [0.5, 0.6) is 0 Å². The van der Waals surface area contributed by atoms with Crippen LogP contribution in [0, 0.1) is 10.1 Å². The number of rotatable bonds is 8. The van der Waals surface area contributed by atoms with Gasteiger partial charge in [-0.25, -0.2) is 4.79 Å². The second-order valence-electron chi connectivity index (χ2n) is 10.7. The Morgan fingerprint density at radius 1 is 1.21 bits per heavy atom. The summed E-state index contributed by atoms with van der Waals surface area (Å²) in [5, 5.41) is 15.5. The van der Waals surface area contributed by atoms with Gasteiger partial charge in [0.1, 0.15) is 11.6 Å². The molecule has 1 aliphatic heterocycles. The smallest absolute Gasteiger partial charge is 0.410 e. The van der Waals surface area contributed by atoms with Gasteiger partial charge in [0.15, 0.2) is 0 Å². The molecule has 0 spiro atoms. The Bertz CT molecular complexity index is 804. The number of benzene rings is 1. The summed E-state index contributed by atoms with van der Waals surface area (Å²) in [7, 11) is 1.79. The van der Waals surface area contributed by atoms with Crippen molar-refractivity contribution in [3.63, 3.8) is 0 Å². The quantitative estimate of drug-likeness (QED) is 0.431. The van der Waals surface area contributed by atoms with Crippen molar-refractivity contribution in [1.29, 1.82) is 0 Å². The lowest BCUT2D eigenvalue weighted by atomic mass is 9.79. The third kappa shape index (κ3) is 6.48. The second-order valence-corrected chi connectivity index (χ2v) is 10.7. The maximum absolute atomic E-state index is 13.1. The van der Waals surface area contributed by atoms with Gasteiger partial charge < -0.3 is 14.8 Å². The van der Waals surface area contributed by atoms with E-state index in [4.69, 9.17) is 9.47 Å². The maximum Gasteiger partial charge on any atom is 0.410 e. The molecule has 0 bridgehead atoms. The van der Waals surface area contributed by atoms with Crippen molar-refractivity contribution in [2.75, 3.05) is 26.7 Å². The fourth-order valence-corrected chi connectivity index (χ4v) is 5.40. The van der Waals surface area contributed by atoms with E-state index in [2.05, 4.69) is 29.6 Å². The predicted molar refractivity (Wildman–Crippen MR) is 132 cm³/mol. The van der Waals surface area contributed by atoms with Crippen molar-refractivity contribution in [2.45, 2.75) is 94.9 Å². The van der Waals surface area contributed by atoms with E-state index in [9.17, 15) is 14.9 Å². The van der Waals surface area contributed by atoms with E-state index in [1.54, 1.807) is 11.9 Å². The van der Waals surface area contributed by atoms with Crippen LogP contribution in [0.3, 0.4) is 0 Å². The van der Waals surface area contributed by atoms with Gasteiger partial charge in [-0.1, -0.05) is 30.3 Å². The van der Waals surface area contributed by atoms with E-state index in [-0.39, 0.29) is 17.6 Å². The number of amides is 1. The van der Waals surface area contributed by atoms with E-state index >= 15 is 0 Å². The zero-order valence-corrected chi connectivity index (χ0v) is 21.1. The summed E-state index contributed by atoms with van der Waals surface area (Å²) in [6, 6.07) is 9.89. The molecule has 8 nitrogen and oxygen atoms in total. The Balaban J connectivity index is 1.72. The van der Waals surface area contributed by atoms with Crippen LogP contribution in [0.1, 0.15) is 77.2 Å². The highest BCUT2D eigenvalue weighted by atomic mass is 16.6. The molecule has 1 aromatic carbocycles. The number of ether oxygens (including phenoxy) is 2. The third-order valence-electron chi connectivity index (χ3n) is 7.24. The van der Waals surface area contributed by atoms with Crippen LogP contribution in [0.25, 0.3) is 0 Å². The molecule has 1 N–H and O–H groups in total. The maximum atomic E-state index is 13.1. The predicted octanol–water partition coefficient (Wildman–Crippen LogP) is 4.75. The number of hydrogen-bond donors (Lipinski definition) is 1. The number of nitrogens with one attached hydrogen (secondary N) is 1. The first kappa shape index (κ1) is 26.4. The first-order chi connectivity index (χ1) is 16.2. The number of hydrogen-bond acceptors (Lipinski definition) is 6. The lowest BCUT2D eigenvalue weighted by molar-refractivity contribution is -0.584. The normalized spacial score (nSPS) is 27.9. The van der Waals surface area contributed by atoms with E-state index < -0.39 is 23.3 Å². The van der Waals surface area contributed by atoms with Crippen molar-refractivity contribution in [3.8, 4) is 0 Å². The fraction of sp³-hybridized carbons (Fsp3) is 0.731. The minimum Gasteiger partial charge on any atom is -0.444 e. The monoisotopic (exact) mass is 475 g/mol. The van der Waals surface area contributed by atoms with E-state index in [1.807, 2.05) is 26.8 Å². The zero-order chi connectivity index (χ0) is 24.8. The molecule has 3 rings (SSSR count). The van der Waals surface area contributed by atoms with Crippen LogP contribution in [0.15, 0.2) is 30.3 Å². The highest BCUT2D eigenvalue weighted by molar-refractivity contribution is 5.69. The molecule has 1 heterocycles. The highest BCUT2D eigenvalue weighted by Crippen LogP contribution is 2.37. The van der Waals surface area contributed by atoms with Gasteiger partial charge in [-0.3, -0.25) is 15.0 Å². The zero-order valence-electron chi connectivity index (χ0n) is 21.1. The summed E-state index contributed by atoms with van der Waals surface area (Å²) < 4.78 is 12.0. The van der Waals surface area contributed by atoms with Gasteiger partial charge in [-0.15, -0.1) is 0 Å². The van der Waals surface area contributed by atoms with Crippen LogP contribution >= 0.6 is 0 Å². The summed E-state index contributed by atoms with van der Waals surface area (Å²) in [5.74, 6) is 0.530. The molecule has 34 heavy (non-hydrogen) atoms. The molecule has 8 heteroatoms. The summed E-state index contributed by atoms with van der Waals surface area (Å²) >= 11 is 0. The lowest BCUT2D eigenvalue weighted by Crippen LogP contribution is -2.65. The Kier molecular flexibility index (Phi) is 8.93. The molecule has 2 atom stereocenters. The Hall–Kier alpha value is -2.19. The Morgan fingerprint density at radius 3 is 2.47 bits per heavy atom. The van der Waals surface area contributed by atoms with Gasteiger partial charge in [0.05, 0.1) is 12.7 Å². The van der Waals surface area contributed by atoms with Gasteiger partial charge in [0.2, 0.25) is 5.54 Å². The van der Waals surface area contributed by atoms with E-state index in [1.165, 1.54) is 5.56 Å². The average Bonchev–Trinajstić information content (AvgIpc) is 2.81. The molecule has 1 saturated heterocycles. The van der Waals surface area contributed by atoms with Crippen molar-refractivity contribution in [2.24, 2.45) is 0 Å². The number of nitro groups is 1. The van der Waals surface area contributed by atoms with Crippen LogP contribution in [-0.4, -0.2) is 65.9 Å². The molecule has 0 radical (unpaired) electrons. The topological polar surface area (TPSA) is 93.9 Å². The number of carbonyl (C=O) groups excluding carboxylic acids is 1. The molecular formula is C26H41N3O5. The minimum atomic E-state index is -1.25. The molecule has 190 valence electrons. The van der Waals surface area contributed by atoms with E-state index in [0.29, 0.717) is 38.3 Å². The van der Waals surface area contributed by atoms with Crippen LogP contribution in [-0.2, 0) is 9.47 Å². The molecule has 1 saturated carbocycles. The highest BCUT2D eigenvalue weighted by Gasteiger charge is 2.56. The second kappa shape index (κ2) is 11.5. The molecule has 0 aromatic heterocycles. The van der Waals surface area contributed by atoms with Gasteiger partial charge >= 0.3 is 6.09 Å². The minimum absolute atomic E-state index is 0.0520. The number of piperidine rings is 1. The van der Waals surface area contributed by atoms with Gasteiger partial charge in [-0.2, -0.15) is 0 Å². The van der Waals surface area contributed by atoms with Crippen LogP contribution in [0.4, 0.5) is 4.79 Å². The van der Waals surface area contributed by atoms with E-state index in [0.717, 1.165) is 25.7 Å². The summed E-state index contributed by atoms with van der Waals surface area (Å²) in [5.41, 5.74) is -0.555. The third-order valence-corrected chi connectivity index (χ3v) is 7.24. The molecular weight excluding hydrogens is 434 g/mol. The molecule has 1 aliphatic carbocycles. The summed E-state index contributed by atoms with van der Waals surface area (Å²) in [6.07, 6.45) is 4.80. The Morgan fingerprint density at radius 2 is 1.88 bits per heavy atom. The van der Waals surface area contributed by atoms with Gasteiger partial charge in [0.25, 0.3) is 0 Å². The van der Waals surface area contributed by atoms with Crippen LogP contribution in [0.2, 0.25) is 0 Å². The van der Waals surface area contributed by atoms with Crippen molar-refractivity contribution >= 4 is 6.09 Å². The number of carbonyl (C=O) groups is 1. The molecule has 1 aromatic rings. The van der Waals surface area contributed by atoms with Crippen molar-refractivity contribution < 1.29 is 19.2 Å². The molecule has 2 unspecified atom stereocenters. The Labute approximate surface area is 203 Å². The standard InChI is InChI=1S/C26H41N3O5/c1-25(2,3)34-24(30)28-18-8-15-26(29(31)32,16-17-27-4)23(28)19-33-22-13-11-21(12-14-22)20-9-6-5-7-10-20/h5-7,9-10,21-23,27H,8,11-19H2,1-4H3. The first-order valence-corrected chi connectivity index (χ1v) is 12.6. The fourth-order valence-electron chi connectivity index (χ4n) is 5.40. The first-order valence-electron chi connectivity index (χ1n) is 12.6. The van der Waals surface area contributed by atoms with Crippen molar-refractivity contribution in [1.82, 2.24) is 10.2 Å². The van der Waals surface area contributed by atoms with Crippen molar-refractivity contribution in [3.05, 3.63) is 46.0 Å². The SMILES string of the molecule is CNCCC1([N+](=O)[O-])CCCN(C(=O)OC(C)(C)C)C1COC1CCC(c2ccccc2)CC1. The summed E-state index contributed by atoms with van der Waals surface area (Å²) in [6.45, 7) is 6.54. The average molecular weight is 476 g/mol. The van der Waals surface area contributed by atoms with Gasteiger partial charge in [-0.05, 0) is 71.4 Å². The summed E-state index contributed by atoms with van der Waals surface area (Å²) in [4.78, 5) is 26.9. The molecule has 2 aliphatic rings. The molecule has 1 amide bonds. The largest absolute Gasteiger partial charge is 0.444 e. The lowest BCUT2D eigenvalue weighted by Gasteiger charge is -2.44.